The summed E-state index contributed by atoms with van der Waals surface area (Å²) in [4.78, 5) is 38.1. The minimum atomic E-state index is -0.785. The lowest BCUT2D eigenvalue weighted by atomic mass is 10.1. The number of ether oxygens (including phenoxy) is 3. The fraction of sp³-hybridized carbons (Fsp3) is 0.780. The predicted octanol–water partition coefficient (Wildman–Crippen LogP) is 18.4. The maximum absolute atomic E-state index is 12.8. The summed E-state index contributed by atoms with van der Waals surface area (Å²) in [5.41, 5.74) is 0. The zero-order chi connectivity index (χ0) is 47.2. The molecule has 0 radical (unpaired) electrons. The third kappa shape index (κ3) is 51.9. The number of allylic oxidation sites excluding steroid dienone is 10. The molecule has 0 bridgehead atoms. The quantitative estimate of drug-likeness (QED) is 0.0199. The molecule has 0 aliphatic carbocycles. The number of rotatable bonds is 50. The molecule has 6 heteroatoms. The Morgan fingerprint density at radius 1 is 0.338 bits per heavy atom. The van der Waals surface area contributed by atoms with Crippen LogP contribution in [0.25, 0.3) is 0 Å². The van der Waals surface area contributed by atoms with Crippen molar-refractivity contribution in [1.29, 1.82) is 0 Å². The third-order valence-corrected chi connectivity index (χ3v) is 12.0. The summed E-state index contributed by atoms with van der Waals surface area (Å²) in [6.45, 7) is 6.50. The van der Waals surface area contributed by atoms with Gasteiger partial charge in [0.25, 0.3) is 0 Å². The van der Waals surface area contributed by atoms with Crippen LogP contribution in [0.4, 0.5) is 0 Å². The van der Waals surface area contributed by atoms with Gasteiger partial charge in [0.05, 0.1) is 0 Å². The van der Waals surface area contributed by atoms with Gasteiger partial charge in [-0.05, 0) is 96.3 Å². The molecule has 0 heterocycles. The van der Waals surface area contributed by atoms with Gasteiger partial charge in [0, 0.05) is 19.3 Å². The van der Waals surface area contributed by atoms with Crippen LogP contribution in [-0.2, 0) is 28.6 Å². The molecule has 0 saturated carbocycles. The number of hydrogen-bond donors (Lipinski definition) is 0. The number of esters is 3. The van der Waals surface area contributed by atoms with Gasteiger partial charge in [-0.2, -0.15) is 0 Å². The molecule has 0 aliphatic rings. The molecular weight excluding hydrogens is 805 g/mol. The summed E-state index contributed by atoms with van der Waals surface area (Å²) in [5, 5.41) is 0. The first kappa shape index (κ1) is 62.1. The van der Waals surface area contributed by atoms with E-state index in [0.717, 1.165) is 103 Å². The lowest BCUT2D eigenvalue weighted by Gasteiger charge is -2.18. The van der Waals surface area contributed by atoms with Crippen molar-refractivity contribution < 1.29 is 28.6 Å². The number of unbranched alkanes of at least 4 members (excludes halogenated alkanes) is 30. The Kier molecular flexibility index (Phi) is 51.3. The number of carbonyl (C=O) groups is 3. The molecule has 0 aromatic rings. The van der Waals surface area contributed by atoms with Crippen molar-refractivity contribution in [2.45, 2.75) is 284 Å². The van der Waals surface area contributed by atoms with E-state index in [2.05, 4.69) is 81.5 Å². The SMILES string of the molecule is CC/C=C\C/C=C\CCCCCCCC(=O)OCC(COC(=O)CCCCCCCCCCCC/C=C\C=C/CCCCC)OC(=O)CCCCCCC/C=C\CCCCCCCCC. The molecule has 0 aromatic carbocycles. The molecule has 0 N–H and O–H groups in total. The first-order valence-electron chi connectivity index (χ1n) is 27.8. The first-order valence-corrected chi connectivity index (χ1v) is 27.8. The summed E-state index contributed by atoms with van der Waals surface area (Å²) in [5.74, 6) is -0.902. The molecule has 1 atom stereocenters. The monoisotopic (exact) mass is 909 g/mol. The molecule has 0 amide bonds. The van der Waals surface area contributed by atoms with Gasteiger partial charge in [-0.25, -0.2) is 0 Å². The van der Waals surface area contributed by atoms with Gasteiger partial charge >= 0.3 is 17.9 Å². The minimum absolute atomic E-state index is 0.0832. The molecule has 6 nitrogen and oxygen atoms in total. The highest BCUT2D eigenvalue weighted by atomic mass is 16.6. The standard InChI is InChI=1S/C59H104O6/c1-4-7-10-13-16-19-22-25-27-29-30-31-33-34-37-40-43-46-49-52-58(61)64-55-56(54-63-57(60)51-48-45-42-39-36-24-21-18-15-12-9-6-3)65-59(62)53-50-47-44-41-38-35-32-28-26-23-20-17-14-11-8-5-2/h9,12,16,18-19,21-22,25,28,32,56H,4-8,10-11,13-15,17,20,23-24,26-27,29-31,33-55H2,1-3H3/b12-9-,19-16-,21-18-,25-22-,32-28-. The molecule has 65 heavy (non-hydrogen) atoms. The first-order chi connectivity index (χ1) is 32.0. The number of hydrogen-bond acceptors (Lipinski definition) is 6. The second kappa shape index (κ2) is 53.7. The zero-order valence-electron chi connectivity index (χ0n) is 43.0. The normalized spacial score (nSPS) is 12.5. The van der Waals surface area contributed by atoms with Crippen molar-refractivity contribution in [3.05, 3.63) is 60.8 Å². The fourth-order valence-electron chi connectivity index (χ4n) is 7.82. The van der Waals surface area contributed by atoms with Crippen LogP contribution < -0.4 is 0 Å². The largest absolute Gasteiger partial charge is 0.462 e. The highest BCUT2D eigenvalue weighted by Gasteiger charge is 2.19. The average molecular weight is 909 g/mol. The van der Waals surface area contributed by atoms with E-state index >= 15 is 0 Å². The average Bonchev–Trinajstić information content (AvgIpc) is 3.30. The molecule has 0 aromatic heterocycles. The van der Waals surface area contributed by atoms with Crippen LogP contribution in [0.5, 0.6) is 0 Å². The van der Waals surface area contributed by atoms with E-state index in [-0.39, 0.29) is 31.1 Å². The van der Waals surface area contributed by atoms with Crippen LogP contribution in [0.3, 0.4) is 0 Å². The summed E-state index contributed by atoms with van der Waals surface area (Å²) < 4.78 is 16.8. The van der Waals surface area contributed by atoms with Gasteiger partial charge in [-0.1, -0.05) is 223 Å². The lowest BCUT2D eigenvalue weighted by molar-refractivity contribution is -0.167. The summed E-state index contributed by atoms with van der Waals surface area (Å²) >= 11 is 0. The Bertz CT molecular complexity index is 1180. The highest BCUT2D eigenvalue weighted by molar-refractivity contribution is 5.71. The zero-order valence-corrected chi connectivity index (χ0v) is 43.0. The van der Waals surface area contributed by atoms with Gasteiger partial charge < -0.3 is 14.2 Å². The summed E-state index contributed by atoms with van der Waals surface area (Å²) in [6, 6.07) is 0. The van der Waals surface area contributed by atoms with E-state index in [1.54, 1.807) is 0 Å². The molecule has 0 spiro atoms. The van der Waals surface area contributed by atoms with E-state index in [1.807, 2.05) is 0 Å². The highest BCUT2D eigenvalue weighted by Crippen LogP contribution is 2.15. The smallest absolute Gasteiger partial charge is 0.306 e. The van der Waals surface area contributed by atoms with E-state index in [0.29, 0.717) is 19.3 Å². The van der Waals surface area contributed by atoms with Crippen molar-refractivity contribution in [1.82, 2.24) is 0 Å². The van der Waals surface area contributed by atoms with E-state index in [1.165, 1.54) is 135 Å². The van der Waals surface area contributed by atoms with Gasteiger partial charge in [-0.15, -0.1) is 0 Å². The Labute approximate surface area is 402 Å². The van der Waals surface area contributed by atoms with Crippen LogP contribution in [0.2, 0.25) is 0 Å². The Balaban J connectivity index is 4.36. The molecule has 376 valence electrons. The van der Waals surface area contributed by atoms with Crippen LogP contribution >= 0.6 is 0 Å². The second-order valence-corrected chi connectivity index (χ2v) is 18.5. The number of carbonyl (C=O) groups excluding carboxylic acids is 3. The van der Waals surface area contributed by atoms with Crippen molar-refractivity contribution >= 4 is 17.9 Å². The Morgan fingerprint density at radius 3 is 1.06 bits per heavy atom. The second-order valence-electron chi connectivity index (χ2n) is 18.5. The maximum Gasteiger partial charge on any atom is 0.306 e. The maximum atomic E-state index is 12.8. The fourth-order valence-corrected chi connectivity index (χ4v) is 7.82. The summed E-state index contributed by atoms with van der Waals surface area (Å²) in [6.07, 6.45) is 66.4. The lowest BCUT2D eigenvalue weighted by Crippen LogP contribution is -2.30. The summed E-state index contributed by atoms with van der Waals surface area (Å²) in [7, 11) is 0. The van der Waals surface area contributed by atoms with Crippen LogP contribution in [-0.4, -0.2) is 37.2 Å². The molecule has 0 saturated heterocycles. The third-order valence-electron chi connectivity index (χ3n) is 12.0. The van der Waals surface area contributed by atoms with E-state index in [4.69, 9.17) is 14.2 Å². The minimum Gasteiger partial charge on any atom is -0.462 e. The molecular formula is C59H104O6. The van der Waals surface area contributed by atoms with Crippen molar-refractivity contribution in [3.63, 3.8) is 0 Å². The topological polar surface area (TPSA) is 78.9 Å². The molecule has 0 rings (SSSR count). The van der Waals surface area contributed by atoms with Crippen LogP contribution in [0.15, 0.2) is 60.8 Å². The van der Waals surface area contributed by atoms with Crippen LogP contribution in [0.1, 0.15) is 278 Å². The van der Waals surface area contributed by atoms with Crippen molar-refractivity contribution in [2.24, 2.45) is 0 Å². The Morgan fingerprint density at radius 2 is 0.646 bits per heavy atom. The molecule has 0 fully saturated rings. The molecule has 1 unspecified atom stereocenters. The van der Waals surface area contributed by atoms with Gasteiger partial charge in [0.1, 0.15) is 13.2 Å². The van der Waals surface area contributed by atoms with Crippen molar-refractivity contribution in [3.8, 4) is 0 Å². The predicted molar refractivity (Wildman–Crippen MR) is 279 cm³/mol. The van der Waals surface area contributed by atoms with Crippen molar-refractivity contribution in [2.75, 3.05) is 13.2 Å². The van der Waals surface area contributed by atoms with Gasteiger partial charge in [0.2, 0.25) is 0 Å². The Hall–Kier alpha value is -2.89. The van der Waals surface area contributed by atoms with E-state index in [9.17, 15) is 14.4 Å². The van der Waals surface area contributed by atoms with E-state index < -0.39 is 6.10 Å². The van der Waals surface area contributed by atoms with Gasteiger partial charge in [0.15, 0.2) is 6.10 Å². The molecule has 0 aliphatic heterocycles. The van der Waals surface area contributed by atoms with Gasteiger partial charge in [-0.3, -0.25) is 14.4 Å². The van der Waals surface area contributed by atoms with Crippen LogP contribution in [0, 0.1) is 0 Å².